The molecule has 0 radical (unpaired) electrons. The van der Waals surface area contributed by atoms with Gasteiger partial charge in [-0.1, -0.05) is 41.4 Å². The SMILES string of the molecule is Cc1cccc(-c2ccc(CN3CCc4nc(-c5ccc(Cl)cc5)ncc4C3)s2)c1. The van der Waals surface area contributed by atoms with Crippen LogP contribution in [0.1, 0.15) is 21.7 Å². The Morgan fingerprint density at radius 2 is 1.90 bits per heavy atom. The number of halogens is 1. The molecule has 0 fully saturated rings. The van der Waals surface area contributed by atoms with E-state index in [0.717, 1.165) is 48.2 Å². The maximum Gasteiger partial charge on any atom is 0.159 e. The van der Waals surface area contributed by atoms with Gasteiger partial charge in [-0.05, 0) is 48.9 Å². The summed E-state index contributed by atoms with van der Waals surface area (Å²) in [6.45, 7) is 5.02. The fraction of sp³-hybridized carbons (Fsp3) is 0.200. The van der Waals surface area contributed by atoms with Crippen molar-refractivity contribution in [2.45, 2.75) is 26.4 Å². The molecule has 0 amide bonds. The molecule has 0 spiro atoms. The quantitative estimate of drug-likeness (QED) is 0.374. The van der Waals surface area contributed by atoms with Gasteiger partial charge in [0.1, 0.15) is 0 Å². The predicted molar refractivity (Wildman–Crippen MR) is 125 cm³/mol. The third-order valence-corrected chi connectivity index (χ3v) is 6.83. The van der Waals surface area contributed by atoms with E-state index in [2.05, 4.69) is 53.2 Å². The van der Waals surface area contributed by atoms with Crippen LogP contribution in [0, 0.1) is 6.92 Å². The Morgan fingerprint density at radius 1 is 1.03 bits per heavy atom. The first-order valence-corrected chi connectivity index (χ1v) is 11.3. The maximum atomic E-state index is 5.99. The minimum absolute atomic E-state index is 0.728. The number of hydrogen-bond donors (Lipinski definition) is 0. The highest BCUT2D eigenvalue weighted by Gasteiger charge is 2.19. The number of rotatable bonds is 4. The summed E-state index contributed by atoms with van der Waals surface area (Å²) in [5.41, 5.74) is 6.01. The molecule has 4 aromatic rings. The Hall–Kier alpha value is -2.53. The van der Waals surface area contributed by atoms with E-state index in [1.165, 1.54) is 26.4 Å². The standard InChI is InChI=1S/C25H22ClN3S/c1-17-3-2-4-19(13-17)24-10-9-22(30-24)16-29-12-11-23-20(15-29)14-27-25(28-23)18-5-7-21(26)8-6-18/h2-10,13-14H,11-12,15-16H2,1H3. The molecule has 0 aliphatic carbocycles. The third kappa shape index (κ3) is 4.17. The predicted octanol–water partition coefficient (Wildman–Crippen LogP) is 6.39. The molecule has 3 heterocycles. The van der Waals surface area contributed by atoms with Crippen molar-refractivity contribution in [3.63, 3.8) is 0 Å². The zero-order chi connectivity index (χ0) is 20.5. The van der Waals surface area contributed by atoms with Crippen LogP contribution in [0.5, 0.6) is 0 Å². The molecule has 5 rings (SSSR count). The summed E-state index contributed by atoms with van der Waals surface area (Å²) in [7, 11) is 0. The maximum absolute atomic E-state index is 5.99. The average Bonchev–Trinajstić information content (AvgIpc) is 3.22. The lowest BCUT2D eigenvalue weighted by Crippen LogP contribution is -2.30. The Bertz CT molecular complexity index is 1180. The molecule has 5 heteroatoms. The van der Waals surface area contributed by atoms with Crippen LogP contribution in [0.15, 0.2) is 66.9 Å². The van der Waals surface area contributed by atoms with Crippen molar-refractivity contribution in [3.8, 4) is 21.8 Å². The first-order valence-electron chi connectivity index (χ1n) is 10.1. The first-order chi connectivity index (χ1) is 14.6. The van der Waals surface area contributed by atoms with Crippen molar-refractivity contribution in [1.82, 2.24) is 14.9 Å². The Balaban J connectivity index is 1.29. The van der Waals surface area contributed by atoms with E-state index in [9.17, 15) is 0 Å². The highest BCUT2D eigenvalue weighted by atomic mass is 35.5. The summed E-state index contributed by atoms with van der Waals surface area (Å²) in [4.78, 5) is 14.7. The number of hydrogen-bond acceptors (Lipinski definition) is 4. The molecule has 0 saturated heterocycles. The van der Waals surface area contributed by atoms with Crippen LogP contribution in [0.2, 0.25) is 5.02 Å². The fourth-order valence-corrected chi connectivity index (χ4v) is 5.06. The lowest BCUT2D eigenvalue weighted by Gasteiger charge is -2.27. The molecule has 3 nitrogen and oxygen atoms in total. The van der Waals surface area contributed by atoms with Gasteiger partial charge in [-0.2, -0.15) is 0 Å². The largest absolute Gasteiger partial charge is 0.293 e. The van der Waals surface area contributed by atoms with Crippen LogP contribution in [-0.2, 0) is 19.5 Å². The minimum Gasteiger partial charge on any atom is -0.293 e. The van der Waals surface area contributed by atoms with Crippen molar-refractivity contribution in [2.24, 2.45) is 0 Å². The van der Waals surface area contributed by atoms with E-state index in [4.69, 9.17) is 16.6 Å². The monoisotopic (exact) mass is 431 g/mol. The number of nitrogens with zero attached hydrogens (tertiary/aromatic N) is 3. The second-order valence-corrected chi connectivity index (χ2v) is 9.37. The van der Waals surface area contributed by atoms with Gasteiger partial charge in [0.05, 0.1) is 5.69 Å². The van der Waals surface area contributed by atoms with Gasteiger partial charge in [-0.15, -0.1) is 11.3 Å². The van der Waals surface area contributed by atoms with E-state index in [1.54, 1.807) is 0 Å². The second kappa shape index (κ2) is 8.31. The Labute approximate surface area is 186 Å². The van der Waals surface area contributed by atoms with Crippen molar-refractivity contribution in [2.75, 3.05) is 6.54 Å². The van der Waals surface area contributed by atoms with Gasteiger partial charge in [0.25, 0.3) is 0 Å². The van der Waals surface area contributed by atoms with Crippen LogP contribution in [0.25, 0.3) is 21.8 Å². The highest BCUT2D eigenvalue weighted by Crippen LogP contribution is 2.30. The van der Waals surface area contributed by atoms with Gasteiger partial charge < -0.3 is 0 Å². The highest BCUT2D eigenvalue weighted by molar-refractivity contribution is 7.15. The molecule has 0 atom stereocenters. The lowest BCUT2D eigenvalue weighted by molar-refractivity contribution is 0.245. The zero-order valence-corrected chi connectivity index (χ0v) is 18.4. The van der Waals surface area contributed by atoms with Crippen molar-refractivity contribution in [1.29, 1.82) is 0 Å². The van der Waals surface area contributed by atoms with Crippen LogP contribution >= 0.6 is 22.9 Å². The number of aromatic nitrogens is 2. The van der Waals surface area contributed by atoms with Crippen molar-refractivity contribution < 1.29 is 0 Å². The number of aryl methyl sites for hydroxylation is 1. The molecule has 30 heavy (non-hydrogen) atoms. The lowest BCUT2D eigenvalue weighted by atomic mass is 10.1. The van der Waals surface area contributed by atoms with Gasteiger partial charge in [-0.3, -0.25) is 4.90 Å². The van der Waals surface area contributed by atoms with Gasteiger partial charge in [0.15, 0.2) is 5.82 Å². The number of thiophene rings is 1. The molecular weight excluding hydrogens is 410 g/mol. The van der Waals surface area contributed by atoms with Crippen LogP contribution < -0.4 is 0 Å². The summed E-state index contributed by atoms with van der Waals surface area (Å²) in [6.07, 6.45) is 2.94. The molecule has 0 N–H and O–H groups in total. The van der Waals surface area contributed by atoms with E-state index in [0.29, 0.717) is 0 Å². The average molecular weight is 432 g/mol. The van der Waals surface area contributed by atoms with E-state index < -0.39 is 0 Å². The van der Waals surface area contributed by atoms with Gasteiger partial charge in [0, 0.05) is 58.2 Å². The Kier molecular flexibility index (Phi) is 5.38. The summed E-state index contributed by atoms with van der Waals surface area (Å²) in [6, 6.07) is 20.9. The van der Waals surface area contributed by atoms with Gasteiger partial charge in [-0.25, -0.2) is 9.97 Å². The van der Waals surface area contributed by atoms with E-state index >= 15 is 0 Å². The molecule has 0 unspecified atom stereocenters. The summed E-state index contributed by atoms with van der Waals surface area (Å²) < 4.78 is 0. The van der Waals surface area contributed by atoms with Crippen molar-refractivity contribution in [3.05, 3.63) is 93.6 Å². The molecule has 2 aromatic heterocycles. The molecular formula is C25H22ClN3S. The number of benzene rings is 2. The summed E-state index contributed by atoms with van der Waals surface area (Å²) in [5.74, 6) is 0.778. The molecule has 0 bridgehead atoms. The fourth-order valence-electron chi connectivity index (χ4n) is 3.88. The van der Waals surface area contributed by atoms with Crippen LogP contribution in [-0.4, -0.2) is 21.4 Å². The first kappa shape index (κ1) is 19.4. The third-order valence-electron chi connectivity index (χ3n) is 5.46. The number of fused-ring (bicyclic) bond motifs is 1. The van der Waals surface area contributed by atoms with Gasteiger partial charge in [0.2, 0.25) is 0 Å². The minimum atomic E-state index is 0.728. The normalized spacial score (nSPS) is 13.9. The van der Waals surface area contributed by atoms with Crippen LogP contribution in [0.3, 0.4) is 0 Å². The second-order valence-electron chi connectivity index (χ2n) is 7.77. The van der Waals surface area contributed by atoms with Crippen molar-refractivity contribution >= 4 is 22.9 Å². The van der Waals surface area contributed by atoms with E-state index in [-0.39, 0.29) is 0 Å². The molecule has 1 aliphatic rings. The molecule has 0 saturated carbocycles. The van der Waals surface area contributed by atoms with Gasteiger partial charge >= 0.3 is 0 Å². The smallest absolute Gasteiger partial charge is 0.159 e. The van der Waals surface area contributed by atoms with Crippen LogP contribution in [0.4, 0.5) is 0 Å². The topological polar surface area (TPSA) is 29.0 Å². The molecule has 1 aliphatic heterocycles. The zero-order valence-electron chi connectivity index (χ0n) is 16.8. The summed E-state index contributed by atoms with van der Waals surface area (Å²) in [5, 5.41) is 0.728. The Morgan fingerprint density at radius 3 is 2.73 bits per heavy atom. The summed E-state index contributed by atoms with van der Waals surface area (Å²) >= 11 is 7.88. The molecule has 150 valence electrons. The van der Waals surface area contributed by atoms with E-state index in [1.807, 2.05) is 41.8 Å². The molecule has 2 aromatic carbocycles.